The largest absolute Gasteiger partial charge is 0.299 e. The number of Topliss-reactive ketones (excluding diaryl/α,β-unsaturated/α-hetero) is 1. The van der Waals surface area contributed by atoms with Gasteiger partial charge in [0, 0.05) is 28.9 Å². The van der Waals surface area contributed by atoms with Gasteiger partial charge in [-0.2, -0.15) is 0 Å². The minimum absolute atomic E-state index is 0.00832. The third-order valence-corrected chi connectivity index (χ3v) is 4.11. The van der Waals surface area contributed by atoms with Gasteiger partial charge in [-0.15, -0.1) is 0 Å². The normalized spacial score (nSPS) is 10.7. The lowest BCUT2D eigenvalue weighted by Crippen LogP contribution is -1.96. The molecule has 2 aromatic carbocycles. The molecule has 0 bridgehead atoms. The summed E-state index contributed by atoms with van der Waals surface area (Å²) >= 11 is 12.3. The molecule has 0 spiro atoms. The average molecular weight is 345 g/mol. The Balaban J connectivity index is 2.21. The quantitative estimate of drug-likeness (QED) is 0.590. The number of ketones is 1. The van der Waals surface area contributed by atoms with Crippen molar-refractivity contribution in [2.75, 3.05) is 0 Å². The Hall–Kier alpha value is -2.10. The molecule has 0 aliphatic rings. The van der Waals surface area contributed by atoms with Crippen molar-refractivity contribution in [3.05, 3.63) is 70.5 Å². The molecule has 1 heterocycles. The van der Waals surface area contributed by atoms with E-state index >= 15 is 0 Å². The molecule has 23 heavy (non-hydrogen) atoms. The van der Waals surface area contributed by atoms with Crippen LogP contribution in [0.5, 0.6) is 0 Å². The van der Waals surface area contributed by atoms with E-state index in [1.807, 2.05) is 41.8 Å². The topological polar surface area (TPSA) is 34.9 Å². The number of benzene rings is 2. The Labute approximate surface area is 144 Å². The maximum Gasteiger partial charge on any atom is 0.182 e. The molecule has 0 radical (unpaired) electrons. The highest BCUT2D eigenvalue weighted by Gasteiger charge is 2.17. The van der Waals surface area contributed by atoms with Crippen LogP contribution in [0.1, 0.15) is 23.8 Å². The Kier molecular flexibility index (Phi) is 4.51. The predicted octanol–water partition coefficient (Wildman–Crippen LogP) is 5.44. The summed E-state index contributed by atoms with van der Waals surface area (Å²) in [5, 5.41) is 1.24. The first-order chi connectivity index (χ1) is 11.1. The molecule has 3 rings (SSSR count). The zero-order valence-electron chi connectivity index (χ0n) is 12.5. The summed E-state index contributed by atoms with van der Waals surface area (Å²) in [6.45, 7) is 1.82. The van der Waals surface area contributed by atoms with Gasteiger partial charge < -0.3 is 0 Å². The van der Waals surface area contributed by atoms with E-state index in [-0.39, 0.29) is 5.78 Å². The van der Waals surface area contributed by atoms with Crippen LogP contribution in [-0.2, 0) is 0 Å². The van der Waals surface area contributed by atoms with Gasteiger partial charge in [-0.05, 0) is 36.4 Å². The standard InChI is InChI=1S/C18H14Cl2N2O/c1-2-17(23)16-11-22(13-9-7-12(19)8-10-13)18(21-16)14-5-3-4-6-15(14)20/h3-11H,2H2,1H3. The lowest BCUT2D eigenvalue weighted by atomic mass is 10.2. The number of nitrogens with zero attached hydrogens (tertiary/aromatic N) is 2. The average Bonchev–Trinajstić information content (AvgIpc) is 3.00. The van der Waals surface area contributed by atoms with E-state index in [0.29, 0.717) is 28.0 Å². The zero-order chi connectivity index (χ0) is 16.4. The van der Waals surface area contributed by atoms with Gasteiger partial charge in [0.25, 0.3) is 0 Å². The smallest absolute Gasteiger partial charge is 0.182 e. The van der Waals surface area contributed by atoms with Gasteiger partial charge >= 0.3 is 0 Å². The molecule has 116 valence electrons. The summed E-state index contributed by atoms with van der Waals surface area (Å²) in [5.74, 6) is 0.626. The van der Waals surface area contributed by atoms with Crippen molar-refractivity contribution < 1.29 is 4.79 Å². The van der Waals surface area contributed by atoms with E-state index in [0.717, 1.165) is 11.3 Å². The van der Waals surface area contributed by atoms with Gasteiger partial charge in [0.1, 0.15) is 11.5 Å². The van der Waals surface area contributed by atoms with Crippen LogP contribution < -0.4 is 0 Å². The van der Waals surface area contributed by atoms with Crippen LogP contribution in [0, 0.1) is 0 Å². The number of hydrogen-bond acceptors (Lipinski definition) is 2. The molecule has 0 saturated heterocycles. The van der Waals surface area contributed by atoms with Crippen molar-refractivity contribution in [2.24, 2.45) is 0 Å². The number of carbonyl (C=O) groups is 1. The van der Waals surface area contributed by atoms with Crippen LogP contribution in [-0.4, -0.2) is 15.3 Å². The van der Waals surface area contributed by atoms with Crippen LogP contribution in [0.4, 0.5) is 0 Å². The van der Waals surface area contributed by atoms with E-state index < -0.39 is 0 Å². The van der Waals surface area contributed by atoms with E-state index in [1.54, 1.807) is 24.4 Å². The van der Waals surface area contributed by atoms with Crippen molar-refractivity contribution in [2.45, 2.75) is 13.3 Å². The molecule has 5 heteroatoms. The van der Waals surface area contributed by atoms with Crippen LogP contribution >= 0.6 is 23.2 Å². The van der Waals surface area contributed by atoms with Gasteiger partial charge in [-0.25, -0.2) is 4.98 Å². The van der Waals surface area contributed by atoms with Crippen molar-refractivity contribution in [3.8, 4) is 17.1 Å². The highest BCUT2D eigenvalue weighted by molar-refractivity contribution is 6.33. The highest BCUT2D eigenvalue weighted by atomic mass is 35.5. The summed E-state index contributed by atoms with van der Waals surface area (Å²) in [6, 6.07) is 14.8. The highest BCUT2D eigenvalue weighted by Crippen LogP contribution is 2.29. The van der Waals surface area contributed by atoms with Crippen molar-refractivity contribution >= 4 is 29.0 Å². The van der Waals surface area contributed by atoms with E-state index in [1.165, 1.54) is 0 Å². The van der Waals surface area contributed by atoms with Crippen LogP contribution in [0.15, 0.2) is 54.7 Å². The SMILES string of the molecule is CCC(=O)c1cn(-c2ccc(Cl)cc2)c(-c2ccccc2Cl)n1. The van der Waals surface area contributed by atoms with Gasteiger partial charge in [0.2, 0.25) is 0 Å². The predicted molar refractivity (Wildman–Crippen MR) is 93.6 cm³/mol. The number of imidazole rings is 1. The molecular weight excluding hydrogens is 331 g/mol. The Morgan fingerprint density at radius 1 is 1.09 bits per heavy atom. The van der Waals surface area contributed by atoms with Gasteiger partial charge in [0.05, 0.1) is 5.02 Å². The number of carbonyl (C=O) groups excluding carboxylic acids is 1. The fourth-order valence-corrected chi connectivity index (χ4v) is 2.67. The first kappa shape index (κ1) is 15.8. The molecule has 0 aliphatic heterocycles. The van der Waals surface area contributed by atoms with Gasteiger partial charge in [-0.3, -0.25) is 9.36 Å². The fourth-order valence-electron chi connectivity index (χ4n) is 2.33. The first-order valence-electron chi connectivity index (χ1n) is 7.23. The molecule has 0 aliphatic carbocycles. The summed E-state index contributed by atoms with van der Waals surface area (Å²) in [4.78, 5) is 16.6. The molecule has 1 aromatic heterocycles. The number of rotatable bonds is 4. The molecule has 0 N–H and O–H groups in total. The Morgan fingerprint density at radius 3 is 2.43 bits per heavy atom. The molecule has 0 saturated carbocycles. The van der Waals surface area contributed by atoms with Gasteiger partial charge in [0.15, 0.2) is 5.78 Å². The van der Waals surface area contributed by atoms with E-state index in [9.17, 15) is 4.79 Å². The molecule has 0 amide bonds. The van der Waals surface area contributed by atoms with Crippen molar-refractivity contribution in [3.63, 3.8) is 0 Å². The minimum atomic E-state index is -0.00832. The summed E-state index contributed by atoms with van der Waals surface area (Å²) < 4.78 is 1.86. The van der Waals surface area contributed by atoms with Gasteiger partial charge in [-0.1, -0.05) is 42.3 Å². The monoisotopic (exact) mass is 344 g/mol. The summed E-state index contributed by atoms with van der Waals surface area (Å²) in [7, 11) is 0. The number of halogens is 2. The second-order valence-corrected chi connectivity index (χ2v) is 5.90. The van der Waals surface area contributed by atoms with Crippen molar-refractivity contribution in [1.82, 2.24) is 9.55 Å². The molecule has 0 fully saturated rings. The van der Waals surface area contributed by atoms with Crippen LogP contribution in [0.25, 0.3) is 17.1 Å². The zero-order valence-corrected chi connectivity index (χ0v) is 14.0. The molecule has 0 unspecified atom stereocenters. The molecular formula is C18H14Cl2N2O. The van der Waals surface area contributed by atoms with E-state index in [2.05, 4.69) is 4.98 Å². The minimum Gasteiger partial charge on any atom is -0.299 e. The second kappa shape index (κ2) is 6.57. The van der Waals surface area contributed by atoms with Crippen LogP contribution in [0.2, 0.25) is 10.0 Å². The lowest BCUT2D eigenvalue weighted by Gasteiger charge is -2.09. The number of aromatic nitrogens is 2. The fraction of sp³-hybridized carbons (Fsp3) is 0.111. The lowest BCUT2D eigenvalue weighted by molar-refractivity contribution is 0.0984. The summed E-state index contributed by atoms with van der Waals surface area (Å²) in [5.41, 5.74) is 2.07. The maximum absolute atomic E-state index is 12.1. The maximum atomic E-state index is 12.1. The third-order valence-electron chi connectivity index (χ3n) is 3.53. The number of hydrogen-bond donors (Lipinski definition) is 0. The molecule has 3 aromatic rings. The molecule has 0 atom stereocenters. The van der Waals surface area contributed by atoms with E-state index in [4.69, 9.17) is 23.2 Å². The Bertz CT molecular complexity index is 854. The van der Waals surface area contributed by atoms with Crippen LogP contribution in [0.3, 0.4) is 0 Å². The molecule has 3 nitrogen and oxygen atoms in total. The Morgan fingerprint density at radius 2 is 1.78 bits per heavy atom. The van der Waals surface area contributed by atoms with Crippen molar-refractivity contribution in [1.29, 1.82) is 0 Å². The summed E-state index contributed by atoms with van der Waals surface area (Å²) in [6.07, 6.45) is 2.15. The third kappa shape index (κ3) is 3.16. The second-order valence-electron chi connectivity index (χ2n) is 5.05. The first-order valence-corrected chi connectivity index (χ1v) is 7.99.